The Morgan fingerprint density at radius 1 is 1.14 bits per heavy atom. The minimum atomic E-state index is -0.883. The Morgan fingerprint density at radius 2 is 1.97 bits per heavy atom. The second-order valence-electron chi connectivity index (χ2n) is 10.1. The Hall–Kier alpha value is -2.84. The van der Waals surface area contributed by atoms with Crippen LogP contribution >= 0.6 is 23.2 Å². The van der Waals surface area contributed by atoms with Crippen molar-refractivity contribution in [2.45, 2.75) is 62.6 Å². The van der Waals surface area contributed by atoms with Crippen molar-refractivity contribution in [3.05, 3.63) is 57.8 Å². The van der Waals surface area contributed by atoms with Gasteiger partial charge in [0.15, 0.2) is 18.5 Å². The van der Waals surface area contributed by atoms with Crippen LogP contribution in [0.3, 0.4) is 0 Å². The predicted octanol–water partition coefficient (Wildman–Crippen LogP) is 4.87. The Labute approximate surface area is 224 Å². The number of fused-ring (bicyclic) bond motifs is 3. The molecule has 2 aromatic rings. The molecule has 2 fully saturated rings. The molecular weight excluding hydrogens is 522 g/mol. The minimum Gasteiger partial charge on any atom is -0.484 e. The van der Waals surface area contributed by atoms with Gasteiger partial charge in [0.05, 0.1) is 17.0 Å². The fourth-order valence-corrected chi connectivity index (χ4v) is 6.07. The maximum Gasteiger partial charge on any atom is 0.261 e. The smallest absolute Gasteiger partial charge is 0.261 e. The average Bonchev–Trinajstić information content (AvgIpc) is 2.87. The molecule has 4 atom stereocenters. The molecule has 4 unspecified atom stereocenters. The van der Waals surface area contributed by atoms with E-state index in [1.807, 2.05) is 0 Å². The zero-order valence-electron chi connectivity index (χ0n) is 20.0. The van der Waals surface area contributed by atoms with Gasteiger partial charge in [-0.3, -0.25) is 14.4 Å². The van der Waals surface area contributed by atoms with Gasteiger partial charge in [0, 0.05) is 22.7 Å². The van der Waals surface area contributed by atoms with Crippen molar-refractivity contribution < 1.29 is 28.2 Å². The number of halogens is 3. The average molecular weight is 549 g/mol. The van der Waals surface area contributed by atoms with Crippen LogP contribution in [0.4, 0.5) is 4.39 Å². The molecule has 10 heteroatoms. The second-order valence-corrected chi connectivity index (χ2v) is 10.9. The monoisotopic (exact) mass is 548 g/mol. The lowest BCUT2D eigenvalue weighted by Gasteiger charge is -2.49. The molecule has 37 heavy (non-hydrogen) atoms. The molecule has 1 aliphatic heterocycles. The number of benzene rings is 2. The molecule has 0 saturated heterocycles. The first kappa shape index (κ1) is 25.8. The number of ether oxygens (including phenoxy) is 2. The summed E-state index contributed by atoms with van der Waals surface area (Å²) in [6.07, 6.45) is 3.95. The number of carbonyl (C=O) groups is 3. The first-order valence-electron chi connectivity index (χ1n) is 12.4. The highest BCUT2D eigenvalue weighted by atomic mass is 35.5. The number of carbonyl (C=O) groups excluding carboxylic acids is 3. The van der Waals surface area contributed by atoms with Gasteiger partial charge in [-0.15, -0.1) is 0 Å². The van der Waals surface area contributed by atoms with Crippen molar-refractivity contribution in [2.24, 2.45) is 5.92 Å². The number of Topliss-reactive ketones (excluding diaryl/α,β-unsaturated/α-hetero) is 1. The molecule has 3 aliphatic rings. The van der Waals surface area contributed by atoms with E-state index in [1.165, 1.54) is 12.1 Å². The lowest BCUT2D eigenvalue weighted by atomic mass is 9.65. The summed E-state index contributed by atoms with van der Waals surface area (Å²) >= 11 is 11.7. The molecule has 2 saturated carbocycles. The third-order valence-corrected chi connectivity index (χ3v) is 8.10. The predicted molar refractivity (Wildman–Crippen MR) is 136 cm³/mol. The summed E-state index contributed by atoms with van der Waals surface area (Å²) in [5, 5.41) is 6.68. The SMILES string of the molecule is O=C(COc1ccc(Cl)c(F)c1)NC12CCCC(C1)C(NC(=O)C1CC(=O)c3cc(Cl)ccc3O1)CC2. The van der Waals surface area contributed by atoms with Crippen molar-refractivity contribution in [1.82, 2.24) is 10.6 Å². The molecule has 196 valence electrons. The fourth-order valence-electron chi connectivity index (χ4n) is 5.78. The summed E-state index contributed by atoms with van der Waals surface area (Å²) < 4.78 is 24.9. The number of amides is 2. The molecule has 2 aliphatic carbocycles. The van der Waals surface area contributed by atoms with Gasteiger partial charge in [0.2, 0.25) is 0 Å². The maximum atomic E-state index is 13.6. The van der Waals surface area contributed by atoms with Crippen molar-refractivity contribution in [3.8, 4) is 11.5 Å². The van der Waals surface area contributed by atoms with Crippen molar-refractivity contribution in [3.63, 3.8) is 0 Å². The van der Waals surface area contributed by atoms with Crippen molar-refractivity contribution in [1.29, 1.82) is 0 Å². The zero-order valence-corrected chi connectivity index (χ0v) is 21.5. The molecule has 2 aromatic carbocycles. The second kappa shape index (κ2) is 10.5. The number of nitrogens with one attached hydrogen (secondary N) is 2. The lowest BCUT2D eigenvalue weighted by Crippen LogP contribution is -2.60. The highest BCUT2D eigenvalue weighted by Crippen LogP contribution is 2.43. The quantitative estimate of drug-likeness (QED) is 0.537. The first-order valence-corrected chi connectivity index (χ1v) is 13.2. The molecule has 2 N–H and O–H groups in total. The molecule has 2 bridgehead atoms. The van der Waals surface area contributed by atoms with E-state index in [1.54, 1.807) is 18.2 Å². The molecule has 5 rings (SSSR count). The molecule has 0 radical (unpaired) electrons. The van der Waals surface area contributed by atoms with Crippen LogP contribution in [-0.4, -0.2) is 41.9 Å². The molecule has 0 spiro atoms. The van der Waals surface area contributed by atoms with Gasteiger partial charge in [-0.05, 0) is 68.4 Å². The number of hydrogen-bond donors (Lipinski definition) is 2. The summed E-state index contributed by atoms with van der Waals surface area (Å²) in [7, 11) is 0. The summed E-state index contributed by atoms with van der Waals surface area (Å²) in [4.78, 5) is 38.2. The third-order valence-electron chi connectivity index (χ3n) is 7.55. The minimum absolute atomic E-state index is 0.0100. The Morgan fingerprint density at radius 3 is 2.78 bits per heavy atom. The van der Waals surface area contributed by atoms with Gasteiger partial charge in [-0.25, -0.2) is 4.39 Å². The Balaban J connectivity index is 1.15. The first-order chi connectivity index (χ1) is 17.7. The number of ketones is 1. The molecular formula is C27H27Cl2FN2O5. The summed E-state index contributed by atoms with van der Waals surface area (Å²) in [6, 6.07) is 8.78. The third kappa shape index (κ3) is 5.70. The van der Waals surface area contributed by atoms with Crippen LogP contribution in [-0.2, 0) is 9.59 Å². The van der Waals surface area contributed by atoms with E-state index >= 15 is 0 Å². The van der Waals surface area contributed by atoms with Gasteiger partial charge in [0.1, 0.15) is 17.3 Å². The maximum absolute atomic E-state index is 13.6. The van der Waals surface area contributed by atoms with Crippen LogP contribution in [0.5, 0.6) is 11.5 Å². The lowest BCUT2D eigenvalue weighted by molar-refractivity contribution is -0.131. The zero-order chi connectivity index (χ0) is 26.2. The van der Waals surface area contributed by atoms with Crippen molar-refractivity contribution in [2.75, 3.05) is 6.61 Å². The van der Waals surface area contributed by atoms with E-state index in [9.17, 15) is 18.8 Å². The summed E-state index contributed by atoms with van der Waals surface area (Å²) in [6.45, 7) is -0.229. The van der Waals surface area contributed by atoms with E-state index in [0.29, 0.717) is 29.2 Å². The summed E-state index contributed by atoms with van der Waals surface area (Å²) in [5.74, 6) is -0.552. The van der Waals surface area contributed by atoms with Gasteiger partial charge in [-0.1, -0.05) is 29.6 Å². The van der Waals surface area contributed by atoms with E-state index in [2.05, 4.69) is 10.6 Å². The van der Waals surface area contributed by atoms with Crippen molar-refractivity contribution >= 4 is 40.8 Å². The van der Waals surface area contributed by atoms with E-state index in [-0.39, 0.29) is 58.9 Å². The van der Waals surface area contributed by atoms with Gasteiger partial charge < -0.3 is 20.1 Å². The standard InChI is InChI=1S/C27H27Cl2FN2O5/c28-16-3-6-23-18(10-16)22(33)12-24(37-23)26(35)31-21-7-9-27(8-1-2-15(21)13-27)32-25(34)14-36-17-4-5-19(29)20(30)11-17/h3-6,10-11,15,21,24H,1-2,7-9,12-14H2,(H,31,35)(H,32,34). The van der Waals surface area contributed by atoms with Crippen LogP contribution in [0.2, 0.25) is 10.0 Å². The summed E-state index contributed by atoms with van der Waals surface area (Å²) in [5.41, 5.74) is 0.0397. The normalized spacial score (nSPS) is 26.5. The Kier molecular flexibility index (Phi) is 7.32. The molecule has 2 amide bonds. The molecule has 1 heterocycles. The highest BCUT2D eigenvalue weighted by Gasteiger charge is 2.45. The van der Waals surface area contributed by atoms with Crippen LogP contribution in [0.15, 0.2) is 36.4 Å². The van der Waals surface area contributed by atoms with Gasteiger partial charge >= 0.3 is 0 Å². The van der Waals surface area contributed by atoms with Crippen LogP contribution in [0.1, 0.15) is 55.3 Å². The van der Waals surface area contributed by atoms with Gasteiger partial charge in [-0.2, -0.15) is 0 Å². The van der Waals surface area contributed by atoms with E-state index in [4.69, 9.17) is 32.7 Å². The topological polar surface area (TPSA) is 93.7 Å². The number of hydrogen-bond acceptors (Lipinski definition) is 5. The highest BCUT2D eigenvalue weighted by molar-refractivity contribution is 6.31. The molecule has 0 aromatic heterocycles. The number of rotatable bonds is 6. The van der Waals surface area contributed by atoms with Crippen LogP contribution in [0.25, 0.3) is 0 Å². The van der Waals surface area contributed by atoms with E-state index < -0.39 is 11.9 Å². The largest absolute Gasteiger partial charge is 0.484 e. The van der Waals surface area contributed by atoms with Crippen LogP contribution in [0, 0.1) is 11.7 Å². The van der Waals surface area contributed by atoms with Crippen LogP contribution < -0.4 is 20.1 Å². The van der Waals surface area contributed by atoms with E-state index in [0.717, 1.165) is 31.7 Å². The Bertz CT molecular complexity index is 1240. The molecule has 7 nitrogen and oxygen atoms in total. The fraction of sp³-hybridized carbons (Fsp3) is 0.444. The van der Waals surface area contributed by atoms with Gasteiger partial charge in [0.25, 0.3) is 11.8 Å².